The second kappa shape index (κ2) is 7.00. The Balaban J connectivity index is 1.55. The zero-order valence-corrected chi connectivity index (χ0v) is 16.8. The minimum absolute atomic E-state index is 0.415. The molecular weight excluding hydrogens is 364 g/mol. The highest BCUT2D eigenvalue weighted by molar-refractivity contribution is 7.19. The number of aromatic nitrogens is 2. The molecule has 1 unspecified atom stereocenters. The lowest BCUT2D eigenvalue weighted by Crippen LogP contribution is -2.30. The van der Waals surface area contributed by atoms with Crippen molar-refractivity contribution in [1.82, 2.24) is 15.1 Å². The lowest BCUT2D eigenvalue weighted by atomic mass is 9.87. The molecule has 1 N–H and O–H groups in total. The highest BCUT2D eigenvalue weighted by Gasteiger charge is 2.26. The van der Waals surface area contributed by atoms with E-state index in [-0.39, 0.29) is 0 Å². The van der Waals surface area contributed by atoms with Gasteiger partial charge in [-0.15, -0.1) is 21.5 Å². The monoisotopic (exact) mass is 386 g/mol. The molecule has 0 bridgehead atoms. The van der Waals surface area contributed by atoms with E-state index < -0.39 is 0 Å². The Kier molecular flexibility index (Phi) is 4.34. The fourth-order valence-electron chi connectivity index (χ4n) is 4.04. The van der Waals surface area contributed by atoms with Crippen LogP contribution in [0.3, 0.4) is 0 Å². The van der Waals surface area contributed by atoms with Crippen molar-refractivity contribution in [3.63, 3.8) is 0 Å². The lowest BCUT2D eigenvalue weighted by molar-refractivity contribution is 0.296. The van der Waals surface area contributed by atoms with Crippen molar-refractivity contribution in [3.8, 4) is 11.3 Å². The minimum Gasteiger partial charge on any atom is -0.372 e. The van der Waals surface area contributed by atoms with Gasteiger partial charge >= 0.3 is 0 Å². The molecule has 140 valence electrons. The van der Waals surface area contributed by atoms with Crippen molar-refractivity contribution in [2.24, 2.45) is 0 Å². The number of hydrogen-bond donors (Lipinski definition) is 1. The first kappa shape index (κ1) is 17.3. The highest BCUT2D eigenvalue weighted by atomic mass is 32.1. The van der Waals surface area contributed by atoms with Crippen LogP contribution < -0.4 is 5.32 Å². The molecule has 0 amide bonds. The van der Waals surface area contributed by atoms with Crippen LogP contribution >= 0.6 is 11.3 Å². The quantitative estimate of drug-likeness (QED) is 0.539. The van der Waals surface area contributed by atoms with Gasteiger partial charge in [0.2, 0.25) is 0 Å². The summed E-state index contributed by atoms with van der Waals surface area (Å²) in [5.74, 6) is 1.20. The van der Waals surface area contributed by atoms with E-state index in [2.05, 4.69) is 76.0 Å². The highest BCUT2D eigenvalue weighted by Crippen LogP contribution is 2.39. The first-order valence-electron chi connectivity index (χ1n) is 9.53. The maximum absolute atomic E-state index is 4.37. The van der Waals surface area contributed by atoms with Gasteiger partial charge < -0.3 is 10.2 Å². The average molecular weight is 387 g/mol. The van der Waals surface area contributed by atoms with Gasteiger partial charge in [0.1, 0.15) is 5.82 Å². The van der Waals surface area contributed by atoms with Crippen molar-refractivity contribution in [2.45, 2.75) is 12.5 Å². The van der Waals surface area contributed by atoms with Crippen LogP contribution in [0.15, 0.2) is 60.7 Å². The van der Waals surface area contributed by atoms with Crippen LogP contribution in [0.4, 0.5) is 5.82 Å². The van der Waals surface area contributed by atoms with Gasteiger partial charge in [-0.05, 0) is 53.9 Å². The molecule has 3 heterocycles. The molecule has 2 aromatic heterocycles. The molecule has 0 aliphatic carbocycles. The lowest BCUT2D eigenvalue weighted by Gasteiger charge is -2.32. The average Bonchev–Trinajstić information content (AvgIpc) is 3.17. The summed E-state index contributed by atoms with van der Waals surface area (Å²) in [7, 11) is 4.06. The predicted octanol–water partition coefficient (Wildman–Crippen LogP) is 4.98. The van der Waals surface area contributed by atoms with Crippen LogP contribution in [-0.2, 0) is 6.54 Å². The number of hydrogen-bond acceptors (Lipinski definition) is 5. The molecule has 0 radical (unpaired) electrons. The van der Waals surface area contributed by atoms with Crippen molar-refractivity contribution in [2.75, 3.05) is 26.0 Å². The van der Waals surface area contributed by atoms with Crippen LogP contribution in [0.1, 0.15) is 21.9 Å². The van der Waals surface area contributed by atoms with Crippen molar-refractivity contribution >= 4 is 27.2 Å². The molecule has 1 atom stereocenters. The number of fused-ring (bicyclic) bond motifs is 2. The van der Waals surface area contributed by atoms with Gasteiger partial charge in [-0.1, -0.05) is 30.3 Å². The summed E-state index contributed by atoms with van der Waals surface area (Å²) in [5, 5.41) is 12.9. The second-order valence-electron chi connectivity index (χ2n) is 7.40. The Bertz CT molecular complexity index is 1100. The maximum Gasteiger partial charge on any atom is 0.148 e. The molecule has 0 fully saturated rings. The first-order valence-corrected chi connectivity index (χ1v) is 10.3. The van der Waals surface area contributed by atoms with Crippen molar-refractivity contribution < 1.29 is 0 Å². The fourth-order valence-corrected chi connectivity index (χ4v) is 5.22. The number of rotatable bonds is 3. The van der Waals surface area contributed by atoms with E-state index in [1.807, 2.05) is 30.5 Å². The van der Waals surface area contributed by atoms with Crippen LogP contribution in [0.2, 0.25) is 0 Å². The molecule has 0 saturated carbocycles. The number of nitrogens with zero attached hydrogens (tertiary/aromatic N) is 3. The molecule has 0 saturated heterocycles. The number of nitrogens with one attached hydrogen (secondary N) is 1. The minimum atomic E-state index is 0.415. The van der Waals surface area contributed by atoms with E-state index in [0.29, 0.717) is 5.92 Å². The number of anilines is 1. The Hall–Kier alpha value is -2.76. The largest absolute Gasteiger partial charge is 0.372 e. The van der Waals surface area contributed by atoms with Crippen molar-refractivity contribution in [1.29, 1.82) is 0 Å². The summed E-state index contributed by atoms with van der Waals surface area (Å²) < 4.78 is 1.36. The Labute approximate surface area is 168 Å². The van der Waals surface area contributed by atoms with Gasteiger partial charge in [-0.3, -0.25) is 0 Å². The normalized spacial score (nSPS) is 16.9. The van der Waals surface area contributed by atoms with Gasteiger partial charge in [0.15, 0.2) is 0 Å². The Morgan fingerprint density at radius 2 is 1.93 bits per heavy atom. The molecular formula is C23H22N4S. The number of benzene rings is 2. The van der Waals surface area contributed by atoms with Gasteiger partial charge in [0.25, 0.3) is 0 Å². The van der Waals surface area contributed by atoms with Gasteiger partial charge in [0.05, 0.1) is 5.69 Å². The number of thiophene rings is 1. The van der Waals surface area contributed by atoms with Gasteiger partial charge in [-0.25, -0.2) is 0 Å². The summed E-state index contributed by atoms with van der Waals surface area (Å²) >= 11 is 1.92. The van der Waals surface area contributed by atoms with E-state index >= 15 is 0 Å². The van der Waals surface area contributed by atoms with E-state index in [1.54, 1.807) is 0 Å². The third-order valence-corrected chi connectivity index (χ3v) is 6.69. The smallest absolute Gasteiger partial charge is 0.148 e. The maximum atomic E-state index is 4.37. The molecule has 5 heteroatoms. The van der Waals surface area contributed by atoms with Gasteiger partial charge in [0, 0.05) is 41.2 Å². The molecule has 28 heavy (non-hydrogen) atoms. The summed E-state index contributed by atoms with van der Waals surface area (Å²) in [6.07, 6.45) is 0. The summed E-state index contributed by atoms with van der Waals surface area (Å²) in [6.45, 7) is 2.02. The van der Waals surface area contributed by atoms with Crippen molar-refractivity contribution in [3.05, 3.63) is 76.7 Å². The zero-order chi connectivity index (χ0) is 19.1. The molecule has 1 aliphatic rings. The van der Waals surface area contributed by atoms with Crippen LogP contribution in [0, 0.1) is 0 Å². The standard InChI is InChI=1S/C23H22N4S/c1-24-23-10-9-20(25-26-23)15-7-8-18-17(11-15)13-27(2)14-19(18)22-12-16-5-3-4-6-21(16)28-22/h3-12,19H,13-14H2,1-2H3,(H,24,26). The molecule has 4 aromatic rings. The fraction of sp³-hybridized carbons (Fsp3) is 0.217. The topological polar surface area (TPSA) is 41.0 Å². The molecule has 2 aromatic carbocycles. The van der Waals surface area contributed by atoms with Gasteiger partial charge in [-0.2, -0.15) is 0 Å². The van der Waals surface area contributed by atoms with Crippen LogP contribution in [0.5, 0.6) is 0 Å². The molecule has 0 spiro atoms. The third-order valence-electron chi connectivity index (χ3n) is 5.46. The van der Waals surface area contributed by atoms with E-state index in [9.17, 15) is 0 Å². The van der Waals surface area contributed by atoms with Crippen LogP contribution in [0.25, 0.3) is 21.3 Å². The van der Waals surface area contributed by atoms with E-state index in [0.717, 1.165) is 30.2 Å². The summed E-state index contributed by atoms with van der Waals surface area (Å²) in [6, 6.07) is 21.8. The molecule has 1 aliphatic heterocycles. The van der Waals surface area contributed by atoms with E-state index in [1.165, 1.54) is 26.1 Å². The number of likely N-dealkylation sites (N-methyl/N-ethyl adjacent to an activating group) is 1. The third kappa shape index (κ3) is 3.07. The Morgan fingerprint density at radius 3 is 2.71 bits per heavy atom. The summed E-state index contributed by atoms with van der Waals surface area (Å²) in [4.78, 5) is 3.86. The molecule has 4 nitrogen and oxygen atoms in total. The molecule has 5 rings (SSSR count). The first-order chi connectivity index (χ1) is 13.7. The SMILES string of the molecule is CNc1ccc(-c2ccc3c(c2)CN(C)CC3c2cc3ccccc3s2)nn1. The second-order valence-corrected chi connectivity index (χ2v) is 8.52. The summed E-state index contributed by atoms with van der Waals surface area (Å²) in [5.41, 5.74) is 4.86. The predicted molar refractivity (Wildman–Crippen MR) is 117 cm³/mol. The van der Waals surface area contributed by atoms with E-state index in [4.69, 9.17) is 0 Å². The van der Waals surface area contributed by atoms with Crippen LogP contribution in [-0.4, -0.2) is 35.7 Å². The zero-order valence-electron chi connectivity index (χ0n) is 16.0. The Morgan fingerprint density at radius 1 is 1.04 bits per heavy atom.